The van der Waals surface area contributed by atoms with Crippen molar-refractivity contribution in [1.29, 1.82) is 0 Å². The molecule has 3 aliphatic rings. The quantitative estimate of drug-likeness (QED) is 0.806. The molecular weight excluding hydrogens is 286 g/mol. The fourth-order valence-electron chi connectivity index (χ4n) is 5.94. The Bertz CT molecular complexity index is 400. The van der Waals surface area contributed by atoms with Gasteiger partial charge in [-0.1, -0.05) is 40.0 Å². The van der Waals surface area contributed by atoms with Crippen LogP contribution >= 0.6 is 0 Å². The van der Waals surface area contributed by atoms with Crippen molar-refractivity contribution in [2.24, 2.45) is 16.7 Å². The summed E-state index contributed by atoms with van der Waals surface area (Å²) in [5.41, 5.74) is 0.602. The number of aliphatic hydroxyl groups excluding tert-OH is 1. The first-order chi connectivity index (χ1) is 10.8. The molecule has 0 unspecified atom stereocenters. The Labute approximate surface area is 142 Å². The smallest absolute Gasteiger partial charge is 0.0900 e. The monoisotopic (exact) mass is 323 g/mol. The largest absolute Gasteiger partial charge is 0.389 e. The highest BCUT2D eigenvalue weighted by atomic mass is 16.5. The summed E-state index contributed by atoms with van der Waals surface area (Å²) in [7, 11) is 2.17. The maximum atomic E-state index is 10.5. The summed E-state index contributed by atoms with van der Waals surface area (Å²) >= 11 is 0. The summed E-state index contributed by atoms with van der Waals surface area (Å²) in [6.07, 6.45) is 10.6. The second-order valence-corrected chi connectivity index (χ2v) is 9.51. The third kappa shape index (κ3) is 3.48. The molecule has 3 nitrogen and oxygen atoms in total. The summed E-state index contributed by atoms with van der Waals surface area (Å²) in [4.78, 5) is 2.36. The molecule has 0 aromatic rings. The Kier molecular flexibility index (Phi) is 5.11. The van der Waals surface area contributed by atoms with E-state index in [-0.39, 0.29) is 11.5 Å². The van der Waals surface area contributed by atoms with E-state index < -0.39 is 0 Å². The molecule has 2 bridgehead atoms. The molecule has 3 heteroatoms. The summed E-state index contributed by atoms with van der Waals surface area (Å²) in [6, 6.07) is 0.662. The van der Waals surface area contributed by atoms with E-state index in [1.165, 1.54) is 51.4 Å². The minimum atomic E-state index is -0.361. The van der Waals surface area contributed by atoms with Gasteiger partial charge in [0.2, 0.25) is 0 Å². The SMILES string of the molecule is CN(C[C@H](O)CO[C@@H]1C(C)(C)[C@H]2CC[C@@]1(C)C2)C1CCCCC1. The number of nitrogens with zero attached hydrogens (tertiary/aromatic N) is 1. The van der Waals surface area contributed by atoms with Crippen molar-refractivity contribution >= 4 is 0 Å². The molecule has 0 spiro atoms. The van der Waals surface area contributed by atoms with E-state index in [0.717, 1.165) is 12.5 Å². The van der Waals surface area contributed by atoms with Crippen molar-refractivity contribution in [2.45, 2.75) is 90.4 Å². The Morgan fingerprint density at radius 1 is 1.13 bits per heavy atom. The number of fused-ring (bicyclic) bond motifs is 2. The van der Waals surface area contributed by atoms with E-state index >= 15 is 0 Å². The molecular formula is C20H37NO2. The molecule has 3 saturated carbocycles. The van der Waals surface area contributed by atoms with Crippen molar-refractivity contribution in [3.63, 3.8) is 0 Å². The predicted octanol–water partition coefficient (Wildman–Crippen LogP) is 3.84. The fourth-order valence-corrected chi connectivity index (χ4v) is 5.94. The number of hydrogen-bond donors (Lipinski definition) is 1. The molecule has 0 aromatic carbocycles. The van der Waals surface area contributed by atoms with Gasteiger partial charge in [0, 0.05) is 12.6 Å². The van der Waals surface area contributed by atoms with Crippen LogP contribution in [0.3, 0.4) is 0 Å². The maximum Gasteiger partial charge on any atom is 0.0900 e. The van der Waals surface area contributed by atoms with E-state index in [1.54, 1.807) is 0 Å². The van der Waals surface area contributed by atoms with E-state index in [2.05, 4.69) is 32.7 Å². The lowest BCUT2D eigenvalue weighted by Gasteiger charge is -2.43. The van der Waals surface area contributed by atoms with Gasteiger partial charge >= 0.3 is 0 Å². The number of ether oxygens (including phenoxy) is 1. The van der Waals surface area contributed by atoms with Crippen LogP contribution in [0.4, 0.5) is 0 Å². The predicted molar refractivity (Wildman–Crippen MR) is 94.5 cm³/mol. The molecule has 3 aliphatic carbocycles. The first kappa shape index (κ1) is 17.7. The Balaban J connectivity index is 1.48. The molecule has 0 amide bonds. The van der Waals surface area contributed by atoms with E-state index in [1.807, 2.05) is 0 Å². The van der Waals surface area contributed by atoms with Crippen LogP contribution in [0, 0.1) is 16.7 Å². The van der Waals surface area contributed by atoms with Gasteiger partial charge in [-0.3, -0.25) is 0 Å². The normalized spacial score (nSPS) is 38.3. The third-order valence-electron chi connectivity index (χ3n) is 7.29. The minimum Gasteiger partial charge on any atom is -0.389 e. The van der Waals surface area contributed by atoms with Crippen molar-refractivity contribution in [3.8, 4) is 0 Å². The van der Waals surface area contributed by atoms with Gasteiger partial charge in [-0.15, -0.1) is 0 Å². The summed E-state index contributed by atoms with van der Waals surface area (Å²) < 4.78 is 6.33. The lowest BCUT2D eigenvalue weighted by molar-refractivity contribution is -0.114. The van der Waals surface area contributed by atoms with Gasteiger partial charge < -0.3 is 14.7 Å². The summed E-state index contributed by atoms with van der Waals surface area (Å²) in [5, 5.41) is 10.5. The van der Waals surface area contributed by atoms with Crippen molar-refractivity contribution in [1.82, 2.24) is 4.90 Å². The average molecular weight is 324 g/mol. The Morgan fingerprint density at radius 2 is 1.83 bits per heavy atom. The molecule has 0 heterocycles. The summed E-state index contributed by atoms with van der Waals surface area (Å²) in [5.74, 6) is 0.805. The minimum absolute atomic E-state index is 0.266. The molecule has 0 aromatic heterocycles. The first-order valence-corrected chi connectivity index (χ1v) is 9.83. The van der Waals surface area contributed by atoms with E-state index in [9.17, 15) is 5.11 Å². The molecule has 3 rings (SSSR count). The number of likely N-dealkylation sites (N-methyl/N-ethyl adjacent to an activating group) is 1. The number of hydrogen-bond acceptors (Lipinski definition) is 3. The number of rotatable bonds is 6. The second kappa shape index (κ2) is 6.65. The number of aliphatic hydroxyl groups is 1. The van der Waals surface area contributed by atoms with Gasteiger partial charge in [0.1, 0.15) is 0 Å². The van der Waals surface area contributed by atoms with Crippen LogP contribution in [0.15, 0.2) is 0 Å². The highest BCUT2D eigenvalue weighted by Gasteiger charge is 2.60. The average Bonchev–Trinajstić information content (AvgIpc) is 2.98. The highest BCUT2D eigenvalue weighted by molar-refractivity contribution is 5.09. The van der Waals surface area contributed by atoms with E-state index in [4.69, 9.17) is 4.74 Å². The van der Waals surface area contributed by atoms with Crippen molar-refractivity contribution < 1.29 is 9.84 Å². The van der Waals surface area contributed by atoms with Gasteiger partial charge in [0.15, 0.2) is 0 Å². The Hall–Kier alpha value is -0.120. The second-order valence-electron chi connectivity index (χ2n) is 9.51. The lowest BCUT2D eigenvalue weighted by atomic mass is 9.70. The molecule has 4 atom stereocenters. The molecule has 1 N–H and O–H groups in total. The molecule has 3 fully saturated rings. The van der Waals surface area contributed by atoms with Crippen molar-refractivity contribution in [3.05, 3.63) is 0 Å². The van der Waals surface area contributed by atoms with Crippen LogP contribution in [0.5, 0.6) is 0 Å². The first-order valence-electron chi connectivity index (χ1n) is 9.83. The maximum absolute atomic E-state index is 10.5. The fraction of sp³-hybridized carbons (Fsp3) is 1.00. The van der Waals surface area contributed by atoms with Crippen LogP contribution < -0.4 is 0 Å². The van der Waals surface area contributed by atoms with Crippen LogP contribution in [-0.4, -0.2) is 48.5 Å². The van der Waals surface area contributed by atoms with Crippen LogP contribution in [0.25, 0.3) is 0 Å². The Morgan fingerprint density at radius 3 is 2.43 bits per heavy atom. The van der Waals surface area contributed by atoms with Gasteiger partial charge in [-0.25, -0.2) is 0 Å². The van der Waals surface area contributed by atoms with Gasteiger partial charge in [-0.2, -0.15) is 0 Å². The van der Waals surface area contributed by atoms with Crippen LogP contribution in [0.1, 0.15) is 72.1 Å². The molecule has 134 valence electrons. The van der Waals surface area contributed by atoms with Crippen LogP contribution in [0.2, 0.25) is 0 Å². The molecule has 0 aliphatic heterocycles. The topological polar surface area (TPSA) is 32.7 Å². The van der Waals surface area contributed by atoms with Crippen LogP contribution in [-0.2, 0) is 4.74 Å². The lowest BCUT2D eigenvalue weighted by Crippen LogP contribution is -2.45. The zero-order valence-corrected chi connectivity index (χ0v) is 15.7. The zero-order chi connectivity index (χ0) is 16.7. The van der Waals surface area contributed by atoms with Crippen molar-refractivity contribution in [2.75, 3.05) is 20.2 Å². The van der Waals surface area contributed by atoms with E-state index in [0.29, 0.717) is 24.2 Å². The van der Waals surface area contributed by atoms with Gasteiger partial charge in [0.05, 0.1) is 18.8 Å². The zero-order valence-electron chi connectivity index (χ0n) is 15.7. The third-order valence-corrected chi connectivity index (χ3v) is 7.29. The highest BCUT2D eigenvalue weighted by Crippen LogP contribution is 2.63. The van der Waals surface area contributed by atoms with Gasteiger partial charge in [-0.05, 0) is 55.9 Å². The molecule has 0 saturated heterocycles. The van der Waals surface area contributed by atoms with Gasteiger partial charge in [0.25, 0.3) is 0 Å². The summed E-state index contributed by atoms with van der Waals surface area (Å²) in [6.45, 7) is 8.37. The molecule has 23 heavy (non-hydrogen) atoms. The standard InChI is InChI=1S/C20H37NO2/c1-19(2)15-10-11-20(3,12-15)18(19)23-14-17(22)13-21(4)16-8-6-5-7-9-16/h15-18,22H,5-14H2,1-4H3/t15-,17-,18+,20-/m0/s1. The molecule has 0 radical (unpaired) electrons.